The monoisotopic (exact) mass is 414 g/mol. The van der Waals surface area contributed by atoms with Gasteiger partial charge in [-0.1, -0.05) is 19.1 Å². The summed E-state index contributed by atoms with van der Waals surface area (Å²) in [6.07, 6.45) is 2.88. The lowest BCUT2D eigenvalue weighted by Crippen LogP contribution is -2.38. The Balaban J connectivity index is 1.42. The average molecular weight is 414 g/mol. The smallest absolute Gasteiger partial charge is 0.227 e. The minimum atomic E-state index is -3.41. The minimum Gasteiger partial charge on any atom is -0.355 e. The van der Waals surface area contributed by atoms with Gasteiger partial charge < -0.3 is 10.2 Å². The molecule has 152 valence electrons. The summed E-state index contributed by atoms with van der Waals surface area (Å²) >= 11 is 0. The molecule has 1 aliphatic rings. The van der Waals surface area contributed by atoms with E-state index in [1.165, 1.54) is 6.07 Å². The zero-order valence-electron chi connectivity index (χ0n) is 16.0. The molecule has 1 amide bonds. The lowest BCUT2D eigenvalue weighted by molar-refractivity contribution is -0.120. The number of carbonyl (C=O) groups excluding carboxylic acids is 1. The molecule has 3 aromatic rings. The highest BCUT2D eigenvalue weighted by molar-refractivity contribution is 7.91. The second kappa shape index (κ2) is 7.78. The van der Waals surface area contributed by atoms with Gasteiger partial charge in [-0.25, -0.2) is 8.42 Å². The number of aromatic nitrogens is 4. The van der Waals surface area contributed by atoms with Crippen LogP contribution in [0.2, 0.25) is 0 Å². The highest BCUT2D eigenvalue weighted by atomic mass is 32.2. The van der Waals surface area contributed by atoms with Crippen LogP contribution >= 0.6 is 0 Å². The van der Waals surface area contributed by atoms with E-state index in [0.29, 0.717) is 37.3 Å². The maximum Gasteiger partial charge on any atom is 0.227 e. The number of hydrogen-bond donors (Lipinski definition) is 1. The van der Waals surface area contributed by atoms with Crippen molar-refractivity contribution in [3.05, 3.63) is 42.7 Å². The van der Waals surface area contributed by atoms with E-state index in [1.807, 2.05) is 12.1 Å². The van der Waals surface area contributed by atoms with Crippen molar-refractivity contribution in [2.75, 3.05) is 29.1 Å². The highest BCUT2D eigenvalue weighted by Gasteiger charge is 2.27. The molecule has 0 atom stereocenters. The van der Waals surface area contributed by atoms with E-state index in [0.717, 1.165) is 5.82 Å². The van der Waals surface area contributed by atoms with Crippen molar-refractivity contribution in [3.63, 3.8) is 0 Å². The third kappa shape index (κ3) is 3.93. The molecule has 0 aliphatic carbocycles. The van der Waals surface area contributed by atoms with Gasteiger partial charge in [-0.2, -0.15) is 4.52 Å². The number of benzene rings is 1. The predicted octanol–water partition coefficient (Wildman–Crippen LogP) is 1.77. The summed E-state index contributed by atoms with van der Waals surface area (Å²) in [5, 5.41) is 15.1. The first-order valence-corrected chi connectivity index (χ1v) is 11.2. The van der Waals surface area contributed by atoms with Gasteiger partial charge in [0.2, 0.25) is 5.91 Å². The van der Waals surface area contributed by atoms with Crippen LogP contribution in [0, 0.1) is 5.92 Å². The quantitative estimate of drug-likeness (QED) is 0.677. The van der Waals surface area contributed by atoms with Crippen LogP contribution < -0.4 is 10.2 Å². The van der Waals surface area contributed by atoms with E-state index in [1.54, 1.807) is 36.0 Å². The van der Waals surface area contributed by atoms with E-state index in [4.69, 9.17) is 0 Å². The third-order valence-corrected chi connectivity index (χ3v) is 6.98. The molecule has 0 spiro atoms. The van der Waals surface area contributed by atoms with Crippen molar-refractivity contribution >= 4 is 32.9 Å². The second-order valence-electron chi connectivity index (χ2n) is 6.98. The summed E-state index contributed by atoms with van der Waals surface area (Å²) in [7, 11) is -3.41. The Bertz CT molecular complexity index is 1140. The number of nitrogens with zero attached hydrogens (tertiary/aromatic N) is 5. The largest absolute Gasteiger partial charge is 0.355 e. The molecule has 1 aromatic carbocycles. The van der Waals surface area contributed by atoms with Gasteiger partial charge in [-0.15, -0.1) is 15.3 Å². The fourth-order valence-corrected chi connectivity index (χ4v) is 4.54. The molecule has 0 saturated carbocycles. The molecule has 1 saturated heterocycles. The number of piperidine rings is 1. The molecule has 4 rings (SSSR count). The van der Waals surface area contributed by atoms with E-state index in [9.17, 15) is 13.2 Å². The number of fused-ring (bicyclic) bond motifs is 1. The fraction of sp³-hybridized carbons (Fsp3) is 0.368. The van der Waals surface area contributed by atoms with Crippen molar-refractivity contribution in [3.8, 4) is 0 Å². The second-order valence-corrected chi connectivity index (χ2v) is 9.22. The van der Waals surface area contributed by atoms with Crippen molar-refractivity contribution in [2.24, 2.45) is 5.92 Å². The van der Waals surface area contributed by atoms with Gasteiger partial charge in [0.25, 0.3) is 0 Å². The first-order chi connectivity index (χ1) is 14.0. The molecular weight excluding hydrogens is 392 g/mol. The van der Waals surface area contributed by atoms with Crippen LogP contribution in [0.5, 0.6) is 0 Å². The van der Waals surface area contributed by atoms with E-state index < -0.39 is 9.84 Å². The van der Waals surface area contributed by atoms with Gasteiger partial charge in [-0.05, 0) is 37.1 Å². The summed E-state index contributed by atoms with van der Waals surface area (Å²) in [6, 6.07) is 10.3. The minimum absolute atomic E-state index is 0.0119. The number of rotatable bonds is 5. The van der Waals surface area contributed by atoms with Crippen LogP contribution in [-0.2, 0) is 14.6 Å². The maximum absolute atomic E-state index is 12.8. The number of para-hydroxylation sites is 1. The number of sulfone groups is 1. The molecule has 29 heavy (non-hydrogen) atoms. The van der Waals surface area contributed by atoms with Gasteiger partial charge in [-0.3, -0.25) is 4.79 Å². The molecule has 2 aromatic heterocycles. The zero-order chi connectivity index (χ0) is 20.4. The summed E-state index contributed by atoms with van der Waals surface area (Å²) in [5.74, 6) is 0.477. The Morgan fingerprint density at radius 2 is 1.93 bits per heavy atom. The Morgan fingerprint density at radius 1 is 1.17 bits per heavy atom. The highest BCUT2D eigenvalue weighted by Crippen LogP contribution is 2.26. The average Bonchev–Trinajstić information content (AvgIpc) is 3.22. The Labute approximate surface area is 168 Å². The molecule has 0 radical (unpaired) electrons. The molecule has 3 heterocycles. The van der Waals surface area contributed by atoms with Crippen molar-refractivity contribution in [2.45, 2.75) is 24.7 Å². The maximum atomic E-state index is 12.8. The predicted molar refractivity (Wildman–Crippen MR) is 109 cm³/mol. The molecule has 10 heteroatoms. The summed E-state index contributed by atoms with van der Waals surface area (Å²) in [6.45, 7) is 2.97. The normalized spacial score (nSPS) is 15.6. The molecular formula is C19H22N6O3S. The number of nitrogens with one attached hydrogen (secondary N) is 1. The van der Waals surface area contributed by atoms with E-state index >= 15 is 0 Å². The summed E-state index contributed by atoms with van der Waals surface area (Å²) in [4.78, 5) is 15.0. The van der Waals surface area contributed by atoms with Crippen LogP contribution in [0.15, 0.2) is 47.6 Å². The molecule has 1 aliphatic heterocycles. The molecule has 0 bridgehead atoms. The zero-order valence-corrected chi connectivity index (χ0v) is 16.8. The van der Waals surface area contributed by atoms with Gasteiger partial charge in [0.1, 0.15) is 12.1 Å². The first-order valence-electron chi connectivity index (χ1n) is 9.52. The molecule has 1 N–H and O–H groups in total. The lowest BCUT2D eigenvalue weighted by Gasteiger charge is -2.32. The molecule has 9 nitrogen and oxygen atoms in total. The van der Waals surface area contributed by atoms with Crippen LogP contribution in [0.1, 0.15) is 19.8 Å². The van der Waals surface area contributed by atoms with Gasteiger partial charge in [0, 0.05) is 19.0 Å². The number of amides is 1. The number of carbonyl (C=O) groups is 1. The lowest BCUT2D eigenvalue weighted by atomic mass is 9.96. The van der Waals surface area contributed by atoms with Gasteiger partial charge in [0.05, 0.1) is 16.3 Å². The molecule has 0 unspecified atom stereocenters. The SMILES string of the molecule is CCS(=O)(=O)c1ccccc1NC(=O)C1CCN(c2ccc3nncn3n2)CC1. The van der Waals surface area contributed by atoms with Crippen molar-refractivity contribution < 1.29 is 13.2 Å². The van der Waals surface area contributed by atoms with Crippen LogP contribution in [-0.4, -0.2) is 53.0 Å². The Morgan fingerprint density at radius 3 is 2.69 bits per heavy atom. The van der Waals surface area contributed by atoms with E-state index in [-0.39, 0.29) is 22.5 Å². The number of hydrogen-bond acceptors (Lipinski definition) is 7. The van der Waals surface area contributed by atoms with Crippen LogP contribution in [0.4, 0.5) is 11.5 Å². The van der Waals surface area contributed by atoms with Crippen molar-refractivity contribution in [1.82, 2.24) is 19.8 Å². The standard InChI is InChI=1S/C19H22N6O3S/c1-2-29(27,28)16-6-4-3-5-15(16)21-19(26)14-9-11-24(12-10-14)18-8-7-17-22-20-13-25(17)23-18/h3-8,13-14H,2,9-12H2,1H3,(H,21,26). The Kier molecular flexibility index (Phi) is 5.18. The van der Waals surface area contributed by atoms with Gasteiger partial charge in [0.15, 0.2) is 15.5 Å². The number of anilines is 2. The third-order valence-electron chi connectivity index (χ3n) is 5.20. The van der Waals surface area contributed by atoms with Crippen LogP contribution in [0.3, 0.4) is 0 Å². The van der Waals surface area contributed by atoms with Crippen LogP contribution in [0.25, 0.3) is 5.65 Å². The first kappa shape index (κ1) is 19.3. The van der Waals surface area contributed by atoms with Gasteiger partial charge >= 0.3 is 0 Å². The molecule has 1 fully saturated rings. The van der Waals surface area contributed by atoms with E-state index in [2.05, 4.69) is 25.5 Å². The van der Waals surface area contributed by atoms with Crippen molar-refractivity contribution in [1.29, 1.82) is 0 Å². The summed E-state index contributed by atoms with van der Waals surface area (Å²) in [5.41, 5.74) is 1.03. The summed E-state index contributed by atoms with van der Waals surface area (Å²) < 4.78 is 26.2. The Hall–Kier alpha value is -3.01. The topological polar surface area (TPSA) is 110 Å². The fourth-order valence-electron chi connectivity index (χ4n) is 3.49.